The molecule has 0 aliphatic rings. The third-order valence-corrected chi connectivity index (χ3v) is 5.14. The SMILES string of the molecule is CCCCCCCCCC(=O)N[C@@H](NC(=S)Nc1ccc(OC)cc1)C(Cl)(Cl)Cl. The smallest absolute Gasteiger partial charge is 0.228 e. The zero-order chi connectivity index (χ0) is 21.7. The molecule has 1 aromatic carbocycles. The molecule has 1 rings (SSSR count). The third kappa shape index (κ3) is 11.7. The van der Waals surface area contributed by atoms with Crippen LogP contribution in [0.25, 0.3) is 0 Å². The Hall–Kier alpha value is -0.950. The summed E-state index contributed by atoms with van der Waals surface area (Å²) in [4.78, 5) is 12.2. The number of benzene rings is 1. The molecule has 0 unspecified atom stereocenters. The van der Waals surface area contributed by atoms with Crippen molar-refractivity contribution < 1.29 is 9.53 Å². The van der Waals surface area contributed by atoms with Gasteiger partial charge in [-0.15, -0.1) is 0 Å². The number of thiocarbonyl (C=S) groups is 1. The molecule has 29 heavy (non-hydrogen) atoms. The summed E-state index contributed by atoms with van der Waals surface area (Å²) in [6.45, 7) is 2.19. The first-order chi connectivity index (χ1) is 13.8. The Morgan fingerprint density at radius 2 is 1.62 bits per heavy atom. The van der Waals surface area contributed by atoms with E-state index >= 15 is 0 Å². The fourth-order valence-corrected chi connectivity index (χ4v) is 3.21. The highest BCUT2D eigenvalue weighted by atomic mass is 35.6. The molecule has 0 radical (unpaired) electrons. The molecule has 0 saturated heterocycles. The molecule has 1 atom stereocenters. The Balaban J connectivity index is 2.44. The average molecular weight is 483 g/mol. The number of nitrogens with one attached hydrogen (secondary N) is 3. The van der Waals surface area contributed by atoms with Crippen LogP contribution < -0.4 is 20.7 Å². The van der Waals surface area contributed by atoms with Crippen molar-refractivity contribution in [2.75, 3.05) is 12.4 Å². The number of anilines is 1. The predicted molar refractivity (Wildman–Crippen MR) is 127 cm³/mol. The number of methoxy groups -OCH3 is 1. The molecule has 0 saturated carbocycles. The van der Waals surface area contributed by atoms with E-state index in [1.807, 2.05) is 0 Å². The summed E-state index contributed by atoms with van der Waals surface area (Å²) in [5.41, 5.74) is 0.737. The van der Waals surface area contributed by atoms with E-state index in [-0.39, 0.29) is 11.0 Å². The van der Waals surface area contributed by atoms with Crippen molar-refractivity contribution in [3.05, 3.63) is 24.3 Å². The van der Waals surface area contributed by atoms with Gasteiger partial charge in [0, 0.05) is 12.1 Å². The van der Waals surface area contributed by atoms with Crippen LogP contribution in [-0.4, -0.2) is 28.1 Å². The Morgan fingerprint density at radius 3 is 2.17 bits per heavy atom. The van der Waals surface area contributed by atoms with Gasteiger partial charge in [-0.05, 0) is 42.9 Å². The minimum absolute atomic E-state index is 0.186. The van der Waals surface area contributed by atoms with E-state index < -0.39 is 9.96 Å². The maximum Gasteiger partial charge on any atom is 0.228 e. The van der Waals surface area contributed by atoms with Crippen molar-refractivity contribution in [2.45, 2.75) is 68.2 Å². The maximum absolute atomic E-state index is 12.2. The lowest BCUT2D eigenvalue weighted by atomic mass is 10.1. The number of halogens is 3. The first kappa shape index (κ1) is 26.1. The molecule has 164 valence electrons. The molecule has 0 aliphatic heterocycles. The molecule has 1 aromatic rings. The first-order valence-electron chi connectivity index (χ1n) is 9.84. The lowest BCUT2D eigenvalue weighted by Crippen LogP contribution is -2.56. The fourth-order valence-electron chi connectivity index (χ4n) is 2.65. The number of ether oxygens (including phenoxy) is 1. The maximum atomic E-state index is 12.2. The van der Waals surface area contributed by atoms with Crippen molar-refractivity contribution in [1.82, 2.24) is 10.6 Å². The molecule has 0 aliphatic carbocycles. The number of hydrogen-bond donors (Lipinski definition) is 3. The monoisotopic (exact) mass is 481 g/mol. The molecular weight excluding hydrogens is 453 g/mol. The van der Waals surface area contributed by atoms with Gasteiger partial charge in [-0.2, -0.15) is 0 Å². The summed E-state index contributed by atoms with van der Waals surface area (Å²) in [5.74, 6) is 0.542. The summed E-state index contributed by atoms with van der Waals surface area (Å²) >= 11 is 23.3. The molecule has 0 heterocycles. The highest BCUT2D eigenvalue weighted by Crippen LogP contribution is 2.29. The van der Waals surface area contributed by atoms with Crippen molar-refractivity contribution in [2.24, 2.45) is 0 Å². The Bertz CT molecular complexity index is 624. The lowest BCUT2D eigenvalue weighted by molar-refractivity contribution is -0.122. The van der Waals surface area contributed by atoms with E-state index in [2.05, 4.69) is 22.9 Å². The Kier molecular flexibility index (Phi) is 12.7. The van der Waals surface area contributed by atoms with Crippen LogP contribution in [-0.2, 0) is 4.79 Å². The van der Waals surface area contributed by atoms with Gasteiger partial charge in [0.05, 0.1) is 7.11 Å². The summed E-state index contributed by atoms with van der Waals surface area (Å²) in [5, 5.41) is 8.77. The van der Waals surface area contributed by atoms with E-state index in [9.17, 15) is 4.79 Å². The Labute approximate surface area is 194 Å². The van der Waals surface area contributed by atoms with Crippen LogP contribution in [0.2, 0.25) is 0 Å². The second-order valence-electron chi connectivity index (χ2n) is 6.74. The Morgan fingerprint density at radius 1 is 1.03 bits per heavy atom. The zero-order valence-corrected chi connectivity index (χ0v) is 20.0. The molecular formula is C20H30Cl3N3O2S. The molecule has 0 spiro atoms. The first-order valence-corrected chi connectivity index (χ1v) is 11.4. The quantitative estimate of drug-likeness (QED) is 0.149. The van der Waals surface area contributed by atoms with Crippen LogP contribution in [0, 0.1) is 0 Å². The third-order valence-electron chi connectivity index (χ3n) is 4.26. The van der Waals surface area contributed by atoms with Crippen molar-refractivity contribution in [3.8, 4) is 5.75 Å². The number of amides is 1. The van der Waals surface area contributed by atoms with Gasteiger partial charge in [0.2, 0.25) is 9.70 Å². The van der Waals surface area contributed by atoms with E-state index in [1.54, 1.807) is 31.4 Å². The molecule has 0 aromatic heterocycles. The number of unbranched alkanes of at least 4 members (excludes halogenated alkanes) is 6. The number of hydrogen-bond acceptors (Lipinski definition) is 3. The largest absolute Gasteiger partial charge is 0.497 e. The highest BCUT2D eigenvalue weighted by Gasteiger charge is 2.34. The molecule has 1 amide bonds. The fraction of sp³-hybridized carbons (Fsp3) is 0.600. The summed E-state index contributed by atoms with van der Waals surface area (Å²) in [6.07, 6.45) is 7.33. The van der Waals surface area contributed by atoms with Gasteiger partial charge in [-0.1, -0.05) is 80.3 Å². The second kappa shape index (κ2) is 14.1. The van der Waals surface area contributed by atoms with Gasteiger partial charge < -0.3 is 20.7 Å². The van der Waals surface area contributed by atoms with Crippen LogP contribution in [0.4, 0.5) is 5.69 Å². The average Bonchev–Trinajstić information content (AvgIpc) is 2.66. The van der Waals surface area contributed by atoms with Crippen molar-refractivity contribution in [3.63, 3.8) is 0 Å². The normalized spacial score (nSPS) is 12.2. The number of carbonyl (C=O) groups is 1. The van der Waals surface area contributed by atoms with Crippen molar-refractivity contribution in [1.29, 1.82) is 0 Å². The van der Waals surface area contributed by atoms with Crippen LogP contribution in [0.15, 0.2) is 24.3 Å². The van der Waals surface area contributed by atoms with Crippen LogP contribution >= 0.6 is 47.0 Å². The van der Waals surface area contributed by atoms with Gasteiger partial charge >= 0.3 is 0 Å². The molecule has 5 nitrogen and oxygen atoms in total. The van der Waals surface area contributed by atoms with E-state index in [1.165, 1.54) is 25.7 Å². The summed E-state index contributed by atoms with van der Waals surface area (Å²) in [6, 6.07) is 7.19. The molecule has 9 heteroatoms. The van der Waals surface area contributed by atoms with Crippen molar-refractivity contribution >= 4 is 63.7 Å². The zero-order valence-electron chi connectivity index (χ0n) is 16.9. The highest BCUT2D eigenvalue weighted by molar-refractivity contribution is 7.80. The minimum atomic E-state index is -1.76. The van der Waals surface area contributed by atoms with Gasteiger partial charge in [0.25, 0.3) is 0 Å². The van der Waals surface area contributed by atoms with Crippen LogP contribution in [0.1, 0.15) is 58.3 Å². The standard InChI is InChI=1S/C20H30Cl3N3O2S/c1-3-4-5-6-7-8-9-10-17(27)25-18(20(21,22)23)26-19(29)24-15-11-13-16(28-2)14-12-15/h11-14,18H,3-10H2,1-2H3,(H,25,27)(H2,24,26,29)/t18-/m0/s1. The predicted octanol–water partition coefficient (Wildman–Crippen LogP) is 5.93. The van der Waals surface area contributed by atoms with Gasteiger partial charge in [-0.25, -0.2) is 0 Å². The molecule has 0 fully saturated rings. The number of carbonyl (C=O) groups excluding carboxylic acids is 1. The van der Waals surface area contributed by atoms with Crippen LogP contribution in [0.3, 0.4) is 0 Å². The van der Waals surface area contributed by atoms with E-state index in [4.69, 9.17) is 51.8 Å². The minimum Gasteiger partial charge on any atom is -0.497 e. The van der Waals surface area contributed by atoms with Gasteiger partial charge in [-0.3, -0.25) is 4.79 Å². The molecule has 3 N–H and O–H groups in total. The lowest BCUT2D eigenvalue weighted by Gasteiger charge is -2.27. The number of rotatable bonds is 12. The van der Waals surface area contributed by atoms with Crippen LogP contribution in [0.5, 0.6) is 5.75 Å². The summed E-state index contributed by atoms with van der Waals surface area (Å²) in [7, 11) is 1.59. The summed E-state index contributed by atoms with van der Waals surface area (Å²) < 4.78 is 3.35. The van der Waals surface area contributed by atoms with E-state index in [0.717, 1.165) is 30.7 Å². The molecule has 0 bridgehead atoms. The number of alkyl halides is 3. The van der Waals surface area contributed by atoms with E-state index in [0.29, 0.717) is 6.42 Å². The topological polar surface area (TPSA) is 62.4 Å². The van der Waals surface area contributed by atoms with Gasteiger partial charge in [0.15, 0.2) is 5.11 Å². The second-order valence-corrected chi connectivity index (χ2v) is 9.52. The van der Waals surface area contributed by atoms with Gasteiger partial charge in [0.1, 0.15) is 11.9 Å².